The van der Waals surface area contributed by atoms with Crippen molar-refractivity contribution < 1.29 is 19.2 Å². The third kappa shape index (κ3) is 3.56. The van der Waals surface area contributed by atoms with Crippen molar-refractivity contribution in [1.29, 1.82) is 0 Å². The van der Waals surface area contributed by atoms with Crippen molar-refractivity contribution in [2.75, 3.05) is 18.0 Å². The lowest BCUT2D eigenvalue weighted by Gasteiger charge is -2.30. The molecule has 4 heterocycles. The van der Waals surface area contributed by atoms with E-state index in [4.69, 9.17) is 0 Å². The molecule has 4 amide bonds. The third-order valence-electron chi connectivity index (χ3n) is 7.29. The fraction of sp³-hybridized carbons (Fsp3) is 0.360. The molecule has 3 aliphatic heterocycles. The van der Waals surface area contributed by atoms with Crippen molar-refractivity contribution in [3.63, 3.8) is 0 Å². The van der Waals surface area contributed by atoms with Crippen LogP contribution >= 0.6 is 0 Å². The van der Waals surface area contributed by atoms with E-state index in [0.717, 1.165) is 54.4 Å². The molecule has 1 aromatic heterocycles. The molecule has 2 aromatic carbocycles. The Bertz CT molecular complexity index is 1370. The van der Waals surface area contributed by atoms with Gasteiger partial charge in [-0.2, -0.15) is 0 Å². The number of hydrogen-bond donors (Lipinski definition) is 1. The zero-order valence-corrected chi connectivity index (χ0v) is 19.0. The second-order valence-electron chi connectivity index (χ2n) is 9.35. The van der Waals surface area contributed by atoms with Gasteiger partial charge in [0.1, 0.15) is 6.04 Å². The summed E-state index contributed by atoms with van der Waals surface area (Å²) >= 11 is 0. The third-order valence-corrected chi connectivity index (χ3v) is 7.29. The van der Waals surface area contributed by atoms with Gasteiger partial charge in [0, 0.05) is 43.1 Å². The van der Waals surface area contributed by atoms with E-state index >= 15 is 0 Å². The van der Waals surface area contributed by atoms with Crippen LogP contribution in [0, 0.1) is 0 Å². The van der Waals surface area contributed by atoms with Crippen LogP contribution in [0.3, 0.4) is 0 Å². The SMILES string of the molecule is O=CN1CCC(n2cc(Cc3ccc4c5c(cccc35)C(=O)N4C3CCC(=O)NC3=O)nn2)CC1. The molecule has 0 bridgehead atoms. The molecule has 0 aliphatic carbocycles. The van der Waals surface area contributed by atoms with Gasteiger partial charge in [0.25, 0.3) is 5.91 Å². The molecule has 0 radical (unpaired) electrons. The minimum absolute atomic E-state index is 0.210. The van der Waals surface area contributed by atoms with Gasteiger partial charge in [-0.15, -0.1) is 5.10 Å². The lowest BCUT2D eigenvalue weighted by atomic mass is 9.97. The molecule has 2 fully saturated rings. The van der Waals surface area contributed by atoms with Crippen LogP contribution in [0.5, 0.6) is 0 Å². The first-order valence-corrected chi connectivity index (χ1v) is 11.9. The van der Waals surface area contributed by atoms with E-state index in [1.165, 1.54) is 4.90 Å². The van der Waals surface area contributed by atoms with Crippen molar-refractivity contribution in [1.82, 2.24) is 25.2 Å². The van der Waals surface area contributed by atoms with Crippen molar-refractivity contribution >= 4 is 40.6 Å². The second-order valence-corrected chi connectivity index (χ2v) is 9.35. The highest BCUT2D eigenvalue weighted by molar-refractivity contribution is 6.27. The molecule has 0 saturated carbocycles. The fourth-order valence-electron chi connectivity index (χ4n) is 5.48. The van der Waals surface area contributed by atoms with Gasteiger partial charge in [0.15, 0.2) is 0 Å². The first-order valence-electron chi connectivity index (χ1n) is 11.9. The fourth-order valence-corrected chi connectivity index (χ4v) is 5.48. The highest BCUT2D eigenvalue weighted by Crippen LogP contribution is 2.41. The largest absolute Gasteiger partial charge is 0.345 e. The summed E-state index contributed by atoms with van der Waals surface area (Å²) in [5.41, 5.74) is 3.11. The smallest absolute Gasteiger partial charge is 0.259 e. The number of amides is 4. The predicted octanol–water partition coefficient (Wildman–Crippen LogP) is 1.58. The Balaban J connectivity index is 1.29. The van der Waals surface area contributed by atoms with Gasteiger partial charge in [-0.3, -0.25) is 29.4 Å². The van der Waals surface area contributed by atoms with Gasteiger partial charge in [0.05, 0.1) is 17.4 Å². The van der Waals surface area contributed by atoms with E-state index in [0.29, 0.717) is 24.1 Å². The topological polar surface area (TPSA) is 118 Å². The van der Waals surface area contributed by atoms with Gasteiger partial charge in [-0.05, 0) is 42.3 Å². The number of hydrogen-bond acceptors (Lipinski definition) is 6. The highest BCUT2D eigenvalue weighted by atomic mass is 16.2. The summed E-state index contributed by atoms with van der Waals surface area (Å²) in [6, 6.07) is 9.00. The van der Waals surface area contributed by atoms with E-state index in [9.17, 15) is 19.2 Å². The number of carbonyl (C=O) groups is 4. The summed E-state index contributed by atoms with van der Waals surface area (Å²) in [6.45, 7) is 1.44. The Hall–Kier alpha value is -4.08. The van der Waals surface area contributed by atoms with Gasteiger partial charge in [-0.25, -0.2) is 4.68 Å². The molecular weight excluding hydrogens is 448 g/mol. The average molecular weight is 473 g/mol. The van der Waals surface area contributed by atoms with Crippen LogP contribution in [0.25, 0.3) is 10.8 Å². The van der Waals surface area contributed by atoms with Crippen LogP contribution in [0.2, 0.25) is 0 Å². The molecule has 35 heavy (non-hydrogen) atoms. The van der Waals surface area contributed by atoms with Crippen LogP contribution in [0.4, 0.5) is 5.69 Å². The molecule has 10 nitrogen and oxygen atoms in total. The van der Waals surface area contributed by atoms with Crippen molar-refractivity contribution in [2.45, 2.75) is 44.2 Å². The Labute approximate surface area is 200 Å². The number of anilines is 1. The number of piperidine rings is 2. The summed E-state index contributed by atoms with van der Waals surface area (Å²) < 4.78 is 1.89. The lowest BCUT2D eigenvalue weighted by Crippen LogP contribution is -2.53. The van der Waals surface area contributed by atoms with Crippen LogP contribution < -0.4 is 10.2 Å². The van der Waals surface area contributed by atoms with Crippen molar-refractivity contribution in [2.24, 2.45) is 0 Å². The maximum Gasteiger partial charge on any atom is 0.259 e. The van der Waals surface area contributed by atoms with Gasteiger partial charge >= 0.3 is 0 Å². The Morgan fingerprint density at radius 1 is 1.06 bits per heavy atom. The molecule has 6 rings (SSSR count). The first-order chi connectivity index (χ1) is 17.0. The number of likely N-dealkylation sites (tertiary alicyclic amines) is 1. The molecule has 10 heteroatoms. The van der Waals surface area contributed by atoms with E-state index in [1.54, 1.807) is 11.0 Å². The number of rotatable bonds is 5. The quantitative estimate of drug-likeness (QED) is 0.445. The normalized spacial score (nSPS) is 20.6. The molecule has 1 atom stereocenters. The number of imide groups is 1. The highest BCUT2D eigenvalue weighted by Gasteiger charge is 2.40. The van der Waals surface area contributed by atoms with Crippen LogP contribution in [0.1, 0.15) is 53.3 Å². The molecule has 178 valence electrons. The van der Waals surface area contributed by atoms with Crippen LogP contribution in [-0.2, 0) is 20.8 Å². The predicted molar refractivity (Wildman–Crippen MR) is 126 cm³/mol. The van der Waals surface area contributed by atoms with E-state index < -0.39 is 11.9 Å². The number of nitrogens with zero attached hydrogens (tertiary/aromatic N) is 5. The van der Waals surface area contributed by atoms with Gasteiger partial charge < -0.3 is 4.90 Å². The first kappa shape index (κ1) is 21.5. The Morgan fingerprint density at radius 3 is 2.66 bits per heavy atom. The zero-order chi connectivity index (χ0) is 24.1. The number of carbonyl (C=O) groups excluding carboxylic acids is 4. The molecule has 2 saturated heterocycles. The average Bonchev–Trinajstić information content (AvgIpc) is 3.45. The molecule has 3 aliphatic rings. The monoisotopic (exact) mass is 472 g/mol. The van der Waals surface area contributed by atoms with E-state index in [1.807, 2.05) is 35.1 Å². The maximum atomic E-state index is 13.3. The van der Waals surface area contributed by atoms with Gasteiger partial charge in [-0.1, -0.05) is 23.4 Å². The number of nitrogens with one attached hydrogen (secondary N) is 1. The van der Waals surface area contributed by atoms with E-state index in [2.05, 4.69) is 15.6 Å². The van der Waals surface area contributed by atoms with Crippen molar-refractivity contribution in [3.8, 4) is 0 Å². The lowest BCUT2D eigenvalue weighted by molar-refractivity contribution is -0.134. The van der Waals surface area contributed by atoms with Crippen LogP contribution in [-0.4, -0.2) is 63.2 Å². The Kier molecular flexibility index (Phi) is 5.09. The number of benzene rings is 2. The summed E-state index contributed by atoms with van der Waals surface area (Å²) in [5.74, 6) is -0.960. The number of aromatic nitrogens is 3. The van der Waals surface area contributed by atoms with Crippen LogP contribution in [0.15, 0.2) is 36.5 Å². The minimum atomic E-state index is -0.702. The molecule has 1 unspecified atom stereocenters. The maximum absolute atomic E-state index is 13.3. The van der Waals surface area contributed by atoms with Crippen molar-refractivity contribution in [3.05, 3.63) is 53.3 Å². The molecule has 0 spiro atoms. The molecule has 3 aromatic rings. The van der Waals surface area contributed by atoms with E-state index in [-0.39, 0.29) is 24.3 Å². The molecular formula is C25H24N6O4. The summed E-state index contributed by atoms with van der Waals surface area (Å²) in [7, 11) is 0. The summed E-state index contributed by atoms with van der Waals surface area (Å²) in [5, 5.41) is 12.8. The second kappa shape index (κ2) is 8.30. The summed E-state index contributed by atoms with van der Waals surface area (Å²) in [6.07, 6.45) is 5.63. The minimum Gasteiger partial charge on any atom is -0.345 e. The Morgan fingerprint density at radius 2 is 1.89 bits per heavy atom. The van der Waals surface area contributed by atoms with Gasteiger partial charge in [0.2, 0.25) is 18.2 Å². The molecule has 1 N–H and O–H groups in total. The standard InChI is InChI=1S/C25H24N6O4/c32-14-29-10-8-17(9-11-29)30-13-16(27-28-30)12-15-4-5-20-23-18(15)2-1-3-19(23)25(35)31(20)21-6-7-22(33)26-24(21)34/h1-5,13-14,17,21H,6-12H2,(H,26,33,34). The summed E-state index contributed by atoms with van der Waals surface area (Å²) in [4.78, 5) is 51.7. The zero-order valence-electron chi connectivity index (χ0n) is 19.0.